The van der Waals surface area contributed by atoms with Crippen LogP contribution in [0.15, 0.2) is 6.07 Å². The second-order valence-corrected chi connectivity index (χ2v) is 8.24. The zero-order chi connectivity index (χ0) is 19.4. The van der Waals surface area contributed by atoms with Crippen molar-refractivity contribution >= 4 is 11.8 Å². The van der Waals surface area contributed by atoms with Crippen LogP contribution >= 0.6 is 0 Å². The SMILES string of the molecule is CC(C)CN1CCn2nc(CNC(=O)C3CCCN(CC(N)=O)C3)cc2C1. The molecule has 1 aromatic heterocycles. The summed E-state index contributed by atoms with van der Waals surface area (Å²) in [7, 11) is 0. The van der Waals surface area contributed by atoms with Gasteiger partial charge in [0, 0.05) is 26.2 Å². The van der Waals surface area contributed by atoms with Gasteiger partial charge in [0.25, 0.3) is 0 Å². The molecule has 0 bridgehead atoms. The first-order chi connectivity index (χ1) is 12.9. The third-order valence-corrected chi connectivity index (χ3v) is 5.25. The lowest BCUT2D eigenvalue weighted by atomic mass is 9.97. The summed E-state index contributed by atoms with van der Waals surface area (Å²) >= 11 is 0. The van der Waals surface area contributed by atoms with Crippen molar-refractivity contribution < 1.29 is 9.59 Å². The largest absolute Gasteiger partial charge is 0.369 e. The molecule has 2 aliphatic heterocycles. The van der Waals surface area contributed by atoms with Crippen LogP contribution in [0.2, 0.25) is 0 Å². The van der Waals surface area contributed by atoms with Gasteiger partial charge in [-0.15, -0.1) is 0 Å². The smallest absolute Gasteiger partial charge is 0.231 e. The number of carbonyl (C=O) groups excluding carboxylic acids is 2. The first-order valence-electron chi connectivity index (χ1n) is 9.97. The van der Waals surface area contributed by atoms with Gasteiger partial charge >= 0.3 is 0 Å². The molecule has 2 aliphatic rings. The van der Waals surface area contributed by atoms with Crippen LogP contribution in [0.4, 0.5) is 0 Å². The van der Waals surface area contributed by atoms with E-state index < -0.39 is 0 Å². The van der Waals surface area contributed by atoms with Crippen molar-refractivity contribution in [2.75, 3.05) is 32.7 Å². The highest BCUT2D eigenvalue weighted by atomic mass is 16.2. The van der Waals surface area contributed by atoms with Crippen molar-refractivity contribution in [2.45, 2.75) is 46.3 Å². The molecule has 0 spiro atoms. The average Bonchev–Trinajstić information content (AvgIpc) is 3.01. The van der Waals surface area contributed by atoms with E-state index in [2.05, 4.69) is 39.9 Å². The zero-order valence-corrected chi connectivity index (χ0v) is 16.5. The second-order valence-electron chi connectivity index (χ2n) is 8.24. The minimum absolute atomic E-state index is 0.0385. The third kappa shape index (κ3) is 5.52. The van der Waals surface area contributed by atoms with E-state index in [1.807, 2.05) is 4.90 Å². The van der Waals surface area contributed by atoms with E-state index in [4.69, 9.17) is 5.73 Å². The van der Waals surface area contributed by atoms with Crippen molar-refractivity contribution in [3.63, 3.8) is 0 Å². The predicted molar refractivity (Wildman–Crippen MR) is 103 cm³/mol. The molecule has 1 unspecified atom stereocenters. The van der Waals surface area contributed by atoms with Gasteiger partial charge in [0.2, 0.25) is 11.8 Å². The fourth-order valence-corrected chi connectivity index (χ4v) is 4.09. The molecule has 1 aromatic rings. The lowest BCUT2D eigenvalue weighted by Gasteiger charge is -2.30. The van der Waals surface area contributed by atoms with Crippen LogP contribution in [0, 0.1) is 11.8 Å². The molecule has 3 heterocycles. The second kappa shape index (κ2) is 8.84. The molecule has 3 N–H and O–H groups in total. The van der Waals surface area contributed by atoms with Gasteiger partial charge in [-0.1, -0.05) is 13.8 Å². The van der Waals surface area contributed by atoms with Crippen LogP contribution < -0.4 is 11.1 Å². The number of nitrogens with two attached hydrogens (primary N) is 1. The molecule has 8 nitrogen and oxygen atoms in total. The van der Waals surface area contributed by atoms with E-state index in [9.17, 15) is 9.59 Å². The summed E-state index contributed by atoms with van der Waals surface area (Å²) in [6.45, 7) is 10.5. The maximum Gasteiger partial charge on any atom is 0.231 e. The summed E-state index contributed by atoms with van der Waals surface area (Å²) in [5.74, 6) is 0.266. The lowest BCUT2D eigenvalue weighted by molar-refractivity contribution is -0.128. The fourth-order valence-electron chi connectivity index (χ4n) is 4.09. The summed E-state index contributed by atoms with van der Waals surface area (Å²) in [6.07, 6.45) is 1.76. The number of aromatic nitrogens is 2. The minimum atomic E-state index is -0.342. The van der Waals surface area contributed by atoms with Gasteiger partial charge in [-0.2, -0.15) is 5.10 Å². The molecule has 0 radical (unpaired) electrons. The first kappa shape index (κ1) is 19.8. The number of nitrogens with one attached hydrogen (secondary N) is 1. The minimum Gasteiger partial charge on any atom is -0.369 e. The maximum absolute atomic E-state index is 12.5. The Morgan fingerprint density at radius 1 is 1.30 bits per heavy atom. The predicted octanol–water partition coefficient (Wildman–Crippen LogP) is 0.168. The molecule has 150 valence electrons. The Bertz CT molecular complexity index is 671. The number of rotatable bonds is 7. The van der Waals surface area contributed by atoms with Crippen LogP contribution in [0.1, 0.15) is 38.1 Å². The van der Waals surface area contributed by atoms with Gasteiger partial charge in [-0.25, -0.2) is 0 Å². The number of hydrogen-bond donors (Lipinski definition) is 2. The number of fused-ring (bicyclic) bond motifs is 1. The Morgan fingerprint density at radius 3 is 2.85 bits per heavy atom. The molecule has 1 saturated heterocycles. The van der Waals surface area contributed by atoms with Gasteiger partial charge in [0.15, 0.2) is 0 Å². The zero-order valence-electron chi connectivity index (χ0n) is 16.5. The van der Waals surface area contributed by atoms with E-state index >= 15 is 0 Å². The highest BCUT2D eigenvalue weighted by Gasteiger charge is 2.26. The molecule has 0 aliphatic carbocycles. The lowest BCUT2D eigenvalue weighted by Crippen LogP contribution is -2.45. The monoisotopic (exact) mass is 376 g/mol. The van der Waals surface area contributed by atoms with Crippen molar-refractivity contribution in [3.05, 3.63) is 17.5 Å². The molecular weight excluding hydrogens is 344 g/mol. The van der Waals surface area contributed by atoms with Crippen molar-refractivity contribution in [2.24, 2.45) is 17.6 Å². The quantitative estimate of drug-likeness (QED) is 0.707. The summed E-state index contributed by atoms with van der Waals surface area (Å²) < 4.78 is 2.06. The normalized spacial score (nSPS) is 21.2. The van der Waals surface area contributed by atoms with Gasteiger partial charge in [0.05, 0.1) is 36.9 Å². The summed E-state index contributed by atoms with van der Waals surface area (Å²) in [5, 5.41) is 7.66. The van der Waals surface area contributed by atoms with E-state index in [1.165, 1.54) is 5.69 Å². The molecule has 1 atom stereocenters. The number of primary amides is 1. The molecule has 0 saturated carbocycles. The van der Waals surface area contributed by atoms with Gasteiger partial charge in [0.1, 0.15) is 0 Å². The van der Waals surface area contributed by atoms with Crippen LogP contribution in [-0.2, 0) is 29.2 Å². The van der Waals surface area contributed by atoms with Gasteiger partial charge in [-0.3, -0.25) is 24.1 Å². The number of nitrogens with zero attached hydrogens (tertiary/aromatic N) is 4. The highest BCUT2D eigenvalue weighted by molar-refractivity contribution is 5.79. The number of likely N-dealkylation sites (tertiary alicyclic amines) is 1. The Balaban J connectivity index is 1.50. The summed E-state index contributed by atoms with van der Waals surface area (Å²) in [6, 6.07) is 2.10. The number of carbonyl (C=O) groups is 2. The highest BCUT2D eigenvalue weighted by Crippen LogP contribution is 2.17. The van der Waals surface area contributed by atoms with E-state index in [0.717, 1.165) is 51.3 Å². The number of amides is 2. The Labute approximate surface area is 161 Å². The van der Waals surface area contributed by atoms with Gasteiger partial charge < -0.3 is 11.1 Å². The first-order valence-corrected chi connectivity index (χ1v) is 9.97. The molecular formula is C19H32N6O2. The van der Waals surface area contributed by atoms with Crippen LogP contribution in [0.25, 0.3) is 0 Å². The molecule has 0 aromatic carbocycles. The van der Waals surface area contributed by atoms with Crippen LogP contribution in [0.5, 0.6) is 0 Å². The van der Waals surface area contributed by atoms with Gasteiger partial charge in [-0.05, 0) is 31.4 Å². The fraction of sp³-hybridized carbons (Fsp3) is 0.737. The molecule has 8 heteroatoms. The topological polar surface area (TPSA) is 96.5 Å². The Morgan fingerprint density at radius 2 is 2.11 bits per heavy atom. The van der Waals surface area contributed by atoms with Crippen molar-refractivity contribution in [1.82, 2.24) is 24.9 Å². The van der Waals surface area contributed by atoms with Crippen LogP contribution in [0.3, 0.4) is 0 Å². The summed E-state index contributed by atoms with van der Waals surface area (Å²) in [5.41, 5.74) is 7.40. The van der Waals surface area contributed by atoms with Crippen LogP contribution in [-0.4, -0.2) is 64.1 Å². The van der Waals surface area contributed by atoms with Crippen molar-refractivity contribution in [1.29, 1.82) is 0 Å². The number of piperidine rings is 1. The van der Waals surface area contributed by atoms with E-state index in [-0.39, 0.29) is 24.3 Å². The third-order valence-electron chi connectivity index (χ3n) is 5.25. The Kier molecular flexibility index (Phi) is 6.49. The molecule has 27 heavy (non-hydrogen) atoms. The molecule has 3 rings (SSSR count). The van der Waals surface area contributed by atoms with E-state index in [1.54, 1.807) is 0 Å². The number of hydrogen-bond acceptors (Lipinski definition) is 5. The standard InChI is InChI=1S/C19H32N6O2/c1-14(2)10-24-6-7-25-17(12-24)8-16(22-25)9-21-19(27)15-4-3-5-23(11-15)13-18(20)26/h8,14-15H,3-7,9-13H2,1-2H3,(H2,20,26)(H,21,27). The Hall–Kier alpha value is -1.93. The van der Waals surface area contributed by atoms with Crippen molar-refractivity contribution in [3.8, 4) is 0 Å². The maximum atomic E-state index is 12.5. The molecule has 1 fully saturated rings. The molecule has 2 amide bonds. The summed E-state index contributed by atoms with van der Waals surface area (Å²) in [4.78, 5) is 28.0. The average molecular weight is 377 g/mol. The van der Waals surface area contributed by atoms with E-state index in [0.29, 0.717) is 19.0 Å².